The van der Waals surface area contributed by atoms with Crippen molar-refractivity contribution in [1.82, 2.24) is 9.62 Å². The van der Waals surface area contributed by atoms with Crippen LogP contribution in [0.1, 0.15) is 79.4 Å². The minimum atomic E-state index is -5.08. The second-order valence-corrected chi connectivity index (χ2v) is 13.5. The molecule has 1 saturated carbocycles. The topological polar surface area (TPSA) is 113 Å². The van der Waals surface area contributed by atoms with Crippen molar-refractivity contribution in [2.24, 2.45) is 0 Å². The Morgan fingerprint density at radius 2 is 1.67 bits per heavy atom. The molecule has 1 aliphatic heterocycles. The van der Waals surface area contributed by atoms with Gasteiger partial charge in [0.2, 0.25) is 10.0 Å². The molecule has 1 atom stereocenters. The zero-order chi connectivity index (χ0) is 31.5. The number of amides is 1. The zero-order valence-electron chi connectivity index (χ0n) is 23.9. The van der Waals surface area contributed by atoms with E-state index in [1.165, 1.54) is 23.3 Å². The van der Waals surface area contributed by atoms with Gasteiger partial charge < -0.3 is 9.84 Å². The number of piperidine rings is 1. The van der Waals surface area contributed by atoms with Crippen molar-refractivity contribution in [3.05, 3.63) is 64.5 Å². The first-order valence-corrected chi connectivity index (χ1v) is 15.4. The molecule has 1 heterocycles. The maximum Gasteiger partial charge on any atom is 0.490 e. The summed E-state index contributed by atoms with van der Waals surface area (Å²) in [5, 5.41) is 7.12. The smallest absolute Gasteiger partial charge is 0.489 e. The van der Waals surface area contributed by atoms with Gasteiger partial charge in [0, 0.05) is 19.2 Å². The van der Waals surface area contributed by atoms with Crippen molar-refractivity contribution in [2.75, 3.05) is 19.3 Å². The summed E-state index contributed by atoms with van der Waals surface area (Å²) in [6.45, 7) is 9.17. The zero-order valence-corrected chi connectivity index (χ0v) is 24.7. The molecular weight excluding hydrogens is 580 g/mol. The van der Waals surface area contributed by atoms with Gasteiger partial charge in [-0.3, -0.25) is 9.69 Å². The number of aliphatic carboxylic acids is 1. The summed E-state index contributed by atoms with van der Waals surface area (Å²) in [6, 6.07) is 11.5. The van der Waals surface area contributed by atoms with Gasteiger partial charge in [-0.25, -0.2) is 22.3 Å². The Morgan fingerprint density at radius 1 is 1.07 bits per heavy atom. The van der Waals surface area contributed by atoms with Gasteiger partial charge in [-0.1, -0.05) is 45.0 Å². The average molecular weight is 617 g/mol. The number of carbonyl (C=O) groups excluding carboxylic acids is 1. The number of alkyl halides is 3. The molecule has 13 heteroatoms. The first-order chi connectivity index (χ1) is 19.3. The second-order valence-electron chi connectivity index (χ2n) is 11.7. The molecule has 2 N–H and O–H groups in total. The lowest BCUT2D eigenvalue weighted by molar-refractivity contribution is -0.192. The summed E-state index contributed by atoms with van der Waals surface area (Å²) < 4.78 is 77.6. The molecule has 2 aliphatic rings. The van der Waals surface area contributed by atoms with Crippen molar-refractivity contribution in [2.45, 2.75) is 76.6 Å². The highest BCUT2D eigenvalue weighted by Gasteiger charge is 2.38. The fourth-order valence-corrected chi connectivity index (χ4v) is 5.03. The number of ether oxygens (including phenoxy) is 1. The minimum Gasteiger partial charge on any atom is -0.489 e. The van der Waals surface area contributed by atoms with Gasteiger partial charge in [0.05, 0.1) is 11.8 Å². The standard InChI is InChI=1S/C27H35FN2O4S.C2HF3O2/c1-27(2,3)20-11-7-18(8-12-20)16-30-13-5-6-21(17-30)34-25-15-24(28)23(14-22(25)19-9-10-19)26(31)29-35(4,32)33;3-2(4,5)1(6)7/h7-8,11-12,14-15,19,21H,5-6,9-10,13,16-17H2,1-4H3,(H,29,31);(H,6,7). The molecule has 8 nitrogen and oxygen atoms in total. The Bertz CT molecular complexity index is 1380. The van der Waals surface area contributed by atoms with Crippen molar-refractivity contribution in [3.63, 3.8) is 0 Å². The maximum absolute atomic E-state index is 14.8. The third kappa shape index (κ3) is 9.97. The van der Waals surface area contributed by atoms with Gasteiger partial charge in [0.25, 0.3) is 5.91 Å². The molecule has 0 radical (unpaired) electrons. The summed E-state index contributed by atoms with van der Waals surface area (Å²) >= 11 is 0. The normalized spacial score (nSPS) is 18.0. The van der Waals surface area contributed by atoms with Crippen molar-refractivity contribution < 1.29 is 45.4 Å². The molecule has 2 fully saturated rings. The fraction of sp³-hybridized carbons (Fsp3) is 0.517. The van der Waals surface area contributed by atoms with Crippen LogP contribution in [0.4, 0.5) is 17.6 Å². The van der Waals surface area contributed by atoms with Gasteiger partial charge in [-0.15, -0.1) is 0 Å². The Kier molecular flexibility index (Phi) is 10.3. The van der Waals surface area contributed by atoms with Crippen molar-refractivity contribution in [1.29, 1.82) is 0 Å². The molecule has 0 aromatic heterocycles. The number of rotatable bonds is 7. The number of nitrogens with zero attached hydrogens (tertiary/aromatic N) is 1. The Balaban J connectivity index is 0.000000616. The number of nitrogens with one attached hydrogen (secondary N) is 1. The van der Waals surface area contributed by atoms with Crippen LogP contribution in [-0.4, -0.2) is 61.9 Å². The fourth-order valence-electron chi connectivity index (χ4n) is 4.59. The summed E-state index contributed by atoms with van der Waals surface area (Å²) in [7, 11) is -3.78. The van der Waals surface area contributed by atoms with Gasteiger partial charge >= 0.3 is 12.1 Å². The van der Waals surface area contributed by atoms with Crippen LogP contribution in [0.3, 0.4) is 0 Å². The number of halogens is 4. The first-order valence-electron chi connectivity index (χ1n) is 13.5. The summed E-state index contributed by atoms with van der Waals surface area (Å²) in [5.74, 6) is -3.83. The second kappa shape index (κ2) is 13.0. The SMILES string of the molecule is CC(C)(C)c1ccc(CN2CCCC(Oc3cc(F)c(C(=O)NS(C)(=O)=O)cc3C3CC3)C2)cc1.O=C(O)C(F)(F)F. The van der Waals surface area contributed by atoms with Crippen LogP contribution in [0.15, 0.2) is 36.4 Å². The van der Waals surface area contributed by atoms with E-state index in [-0.39, 0.29) is 23.0 Å². The molecule has 0 spiro atoms. The lowest BCUT2D eigenvalue weighted by Crippen LogP contribution is -2.40. The van der Waals surface area contributed by atoms with Crippen molar-refractivity contribution >= 4 is 21.9 Å². The summed E-state index contributed by atoms with van der Waals surface area (Å²) in [5.41, 5.74) is 3.20. The predicted molar refractivity (Wildman–Crippen MR) is 148 cm³/mol. The van der Waals surface area contributed by atoms with Crippen LogP contribution in [-0.2, 0) is 26.8 Å². The van der Waals surface area contributed by atoms with E-state index < -0.39 is 33.9 Å². The molecule has 1 saturated heterocycles. The van der Waals surface area contributed by atoms with E-state index in [1.807, 2.05) is 4.72 Å². The quantitative estimate of drug-likeness (QED) is 0.403. The van der Waals surface area contributed by atoms with Crippen molar-refractivity contribution in [3.8, 4) is 5.75 Å². The number of hydrogen-bond donors (Lipinski definition) is 2. The molecule has 1 aliphatic carbocycles. The van der Waals surface area contributed by atoms with Gasteiger partial charge in [0.15, 0.2) is 0 Å². The van der Waals surface area contributed by atoms with Crippen LogP contribution in [0.25, 0.3) is 0 Å². The largest absolute Gasteiger partial charge is 0.490 e. The minimum absolute atomic E-state index is 0.0785. The van der Waals surface area contributed by atoms with E-state index in [1.54, 1.807) is 0 Å². The third-order valence-corrected chi connectivity index (χ3v) is 7.42. The van der Waals surface area contributed by atoms with Crippen LogP contribution in [0.5, 0.6) is 5.75 Å². The molecule has 0 bridgehead atoms. The number of carboxylic acids is 1. The highest BCUT2D eigenvalue weighted by atomic mass is 32.2. The number of hydrogen-bond acceptors (Lipinski definition) is 6. The predicted octanol–water partition coefficient (Wildman–Crippen LogP) is 5.37. The van der Waals surface area contributed by atoms with E-state index in [2.05, 4.69) is 49.9 Å². The molecule has 1 unspecified atom stereocenters. The molecule has 2 aromatic carbocycles. The van der Waals surface area contributed by atoms with E-state index in [0.717, 1.165) is 57.1 Å². The highest BCUT2D eigenvalue weighted by molar-refractivity contribution is 7.89. The molecule has 1 amide bonds. The van der Waals surface area contributed by atoms with Gasteiger partial charge in [-0.05, 0) is 66.3 Å². The first kappa shape index (κ1) is 33.3. The van der Waals surface area contributed by atoms with Crippen LogP contribution in [0, 0.1) is 5.82 Å². The molecule has 4 rings (SSSR count). The number of carboxylic acid groups (broad SMARTS) is 1. The molecule has 2 aromatic rings. The van der Waals surface area contributed by atoms with Crippen LogP contribution < -0.4 is 9.46 Å². The number of sulfonamides is 1. The summed E-state index contributed by atoms with van der Waals surface area (Å²) in [4.78, 5) is 23.6. The maximum atomic E-state index is 14.8. The van der Waals surface area contributed by atoms with Gasteiger partial charge in [-0.2, -0.15) is 13.2 Å². The highest BCUT2D eigenvalue weighted by Crippen LogP contribution is 2.45. The van der Waals surface area contributed by atoms with Gasteiger partial charge in [0.1, 0.15) is 17.7 Å². The number of carbonyl (C=O) groups is 2. The Hall–Kier alpha value is -3.19. The number of likely N-dealkylation sites (tertiary alicyclic amines) is 1. The van der Waals surface area contributed by atoms with E-state index in [4.69, 9.17) is 14.6 Å². The average Bonchev–Trinajstić information content (AvgIpc) is 3.68. The van der Waals surface area contributed by atoms with E-state index in [9.17, 15) is 30.8 Å². The van der Waals surface area contributed by atoms with E-state index in [0.29, 0.717) is 5.75 Å². The summed E-state index contributed by atoms with van der Waals surface area (Å²) in [6.07, 6.45) is -0.546. The monoisotopic (exact) mass is 616 g/mol. The Morgan fingerprint density at radius 3 is 2.17 bits per heavy atom. The third-order valence-electron chi connectivity index (χ3n) is 6.86. The lowest BCUT2D eigenvalue weighted by Gasteiger charge is -2.33. The lowest BCUT2D eigenvalue weighted by atomic mass is 9.86. The van der Waals surface area contributed by atoms with Crippen LogP contribution >= 0.6 is 0 Å². The Labute approximate surface area is 243 Å². The molecule has 232 valence electrons. The molecular formula is C29H36F4N2O6S. The van der Waals surface area contributed by atoms with Crippen LogP contribution in [0.2, 0.25) is 0 Å². The molecule has 42 heavy (non-hydrogen) atoms. The number of benzene rings is 2. The van der Waals surface area contributed by atoms with E-state index >= 15 is 0 Å².